The SMILES string of the molecule is C[C@H](Oc1ccc2ccccc2c1)C(=O)N/N=C\c1ccc(OC(=O)c2ccccc2Br)cc1. The van der Waals surface area contributed by atoms with Gasteiger partial charge in [0.15, 0.2) is 6.10 Å². The van der Waals surface area contributed by atoms with Gasteiger partial charge in [-0.15, -0.1) is 0 Å². The van der Waals surface area contributed by atoms with Crippen LogP contribution in [0.15, 0.2) is 101 Å². The van der Waals surface area contributed by atoms with Crippen LogP contribution in [0.1, 0.15) is 22.8 Å². The summed E-state index contributed by atoms with van der Waals surface area (Å²) in [5.41, 5.74) is 3.64. The molecule has 0 saturated carbocycles. The fourth-order valence-corrected chi connectivity index (χ4v) is 3.62. The molecule has 0 bridgehead atoms. The van der Waals surface area contributed by atoms with Gasteiger partial charge in [0.1, 0.15) is 11.5 Å². The van der Waals surface area contributed by atoms with Crippen LogP contribution >= 0.6 is 15.9 Å². The molecule has 0 radical (unpaired) electrons. The van der Waals surface area contributed by atoms with E-state index >= 15 is 0 Å². The van der Waals surface area contributed by atoms with Crippen LogP contribution in [0.5, 0.6) is 11.5 Å². The second-order valence-electron chi connectivity index (χ2n) is 7.44. The van der Waals surface area contributed by atoms with Crippen molar-refractivity contribution in [3.05, 3.63) is 107 Å². The Morgan fingerprint density at radius 1 is 0.882 bits per heavy atom. The van der Waals surface area contributed by atoms with Crippen molar-refractivity contribution in [1.29, 1.82) is 0 Å². The van der Waals surface area contributed by atoms with E-state index in [9.17, 15) is 9.59 Å². The summed E-state index contributed by atoms with van der Waals surface area (Å²) in [4.78, 5) is 24.6. The van der Waals surface area contributed by atoms with Gasteiger partial charge in [0, 0.05) is 4.47 Å². The van der Waals surface area contributed by atoms with Crippen molar-refractivity contribution in [3.8, 4) is 11.5 Å². The van der Waals surface area contributed by atoms with Crippen molar-refractivity contribution >= 4 is 44.8 Å². The lowest BCUT2D eigenvalue weighted by atomic mass is 10.1. The Balaban J connectivity index is 1.29. The Bertz CT molecular complexity index is 1350. The summed E-state index contributed by atoms with van der Waals surface area (Å²) >= 11 is 3.34. The van der Waals surface area contributed by atoms with E-state index in [4.69, 9.17) is 9.47 Å². The average Bonchev–Trinajstić information content (AvgIpc) is 2.85. The minimum absolute atomic E-state index is 0.372. The molecule has 4 aromatic rings. The molecule has 4 rings (SSSR count). The molecule has 1 atom stereocenters. The van der Waals surface area contributed by atoms with Crippen LogP contribution in [-0.2, 0) is 4.79 Å². The molecule has 1 N–H and O–H groups in total. The lowest BCUT2D eigenvalue weighted by Gasteiger charge is -2.13. The summed E-state index contributed by atoms with van der Waals surface area (Å²) in [5.74, 6) is 0.183. The van der Waals surface area contributed by atoms with Gasteiger partial charge in [-0.1, -0.05) is 42.5 Å². The Morgan fingerprint density at radius 2 is 1.56 bits per heavy atom. The number of fused-ring (bicyclic) bond motifs is 1. The highest BCUT2D eigenvalue weighted by Gasteiger charge is 2.14. The number of ether oxygens (including phenoxy) is 2. The molecule has 4 aromatic carbocycles. The molecule has 0 saturated heterocycles. The highest BCUT2D eigenvalue weighted by Crippen LogP contribution is 2.22. The largest absolute Gasteiger partial charge is 0.481 e. The van der Waals surface area contributed by atoms with Crippen molar-refractivity contribution in [1.82, 2.24) is 5.43 Å². The third-order valence-electron chi connectivity index (χ3n) is 4.98. The van der Waals surface area contributed by atoms with E-state index in [1.165, 1.54) is 6.21 Å². The summed E-state index contributed by atoms with van der Waals surface area (Å²) in [7, 11) is 0. The predicted octanol–water partition coefficient (Wildman–Crippen LogP) is 5.74. The molecule has 170 valence electrons. The molecule has 34 heavy (non-hydrogen) atoms. The van der Waals surface area contributed by atoms with Crippen molar-refractivity contribution < 1.29 is 19.1 Å². The lowest BCUT2D eigenvalue weighted by Crippen LogP contribution is -2.33. The lowest BCUT2D eigenvalue weighted by molar-refractivity contribution is -0.127. The first-order valence-electron chi connectivity index (χ1n) is 10.5. The maximum absolute atomic E-state index is 12.3. The number of rotatable bonds is 7. The average molecular weight is 517 g/mol. The number of carbonyl (C=O) groups excluding carboxylic acids is 2. The van der Waals surface area contributed by atoms with Crippen molar-refractivity contribution in [2.24, 2.45) is 5.10 Å². The van der Waals surface area contributed by atoms with E-state index in [2.05, 4.69) is 26.5 Å². The number of amides is 1. The molecule has 0 aliphatic rings. The van der Waals surface area contributed by atoms with Crippen LogP contribution in [0.4, 0.5) is 0 Å². The number of hydrazone groups is 1. The Morgan fingerprint density at radius 3 is 2.32 bits per heavy atom. The van der Waals surface area contributed by atoms with Gasteiger partial charge in [0.05, 0.1) is 11.8 Å². The van der Waals surface area contributed by atoms with E-state index in [0.29, 0.717) is 21.5 Å². The maximum Gasteiger partial charge on any atom is 0.344 e. The number of hydrogen-bond acceptors (Lipinski definition) is 5. The highest BCUT2D eigenvalue weighted by atomic mass is 79.9. The molecule has 0 unspecified atom stereocenters. The third kappa shape index (κ3) is 5.88. The normalized spacial score (nSPS) is 11.8. The Kier molecular flexibility index (Phi) is 7.34. The molecule has 0 aliphatic heterocycles. The van der Waals surface area contributed by atoms with Crippen LogP contribution in [0.25, 0.3) is 10.8 Å². The molecule has 1 amide bonds. The molecule has 0 heterocycles. The van der Waals surface area contributed by atoms with Crippen LogP contribution in [0, 0.1) is 0 Å². The smallest absolute Gasteiger partial charge is 0.344 e. The first-order valence-corrected chi connectivity index (χ1v) is 11.3. The van der Waals surface area contributed by atoms with E-state index < -0.39 is 12.1 Å². The number of hydrogen-bond donors (Lipinski definition) is 1. The predicted molar refractivity (Wildman–Crippen MR) is 135 cm³/mol. The minimum atomic E-state index is -0.725. The van der Waals surface area contributed by atoms with Crippen LogP contribution < -0.4 is 14.9 Å². The van der Waals surface area contributed by atoms with Crippen molar-refractivity contribution in [3.63, 3.8) is 0 Å². The van der Waals surface area contributed by atoms with E-state index in [1.807, 2.05) is 48.5 Å². The summed E-state index contributed by atoms with van der Waals surface area (Å²) < 4.78 is 11.8. The number of carbonyl (C=O) groups is 2. The number of nitrogens with zero attached hydrogens (tertiary/aromatic N) is 1. The van der Waals surface area contributed by atoms with Gasteiger partial charge < -0.3 is 9.47 Å². The summed E-state index contributed by atoms with van der Waals surface area (Å²) in [6, 6.07) is 27.4. The van der Waals surface area contributed by atoms with E-state index in [0.717, 1.165) is 16.3 Å². The summed E-state index contributed by atoms with van der Waals surface area (Å²) in [5, 5.41) is 6.13. The first-order chi connectivity index (χ1) is 16.5. The first kappa shape index (κ1) is 23.2. The van der Waals surface area contributed by atoms with Gasteiger partial charge >= 0.3 is 5.97 Å². The molecule has 0 fully saturated rings. The zero-order chi connectivity index (χ0) is 23.9. The van der Waals surface area contributed by atoms with Gasteiger partial charge in [0.25, 0.3) is 5.91 Å². The third-order valence-corrected chi connectivity index (χ3v) is 5.67. The number of benzene rings is 4. The summed E-state index contributed by atoms with van der Waals surface area (Å²) in [6.45, 7) is 1.66. The fraction of sp³-hybridized carbons (Fsp3) is 0.0741. The molecular weight excluding hydrogens is 496 g/mol. The van der Waals surface area contributed by atoms with Gasteiger partial charge in [-0.3, -0.25) is 4.79 Å². The molecule has 6 nitrogen and oxygen atoms in total. The number of halogens is 1. The topological polar surface area (TPSA) is 77.0 Å². The molecule has 0 aliphatic carbocycles. The van der Waals surface area contributed by atoms with Gasteiger partial charge in [0.2, 0.25) is 0 Å². The van der Waals surface area contributed by atoms with Crippen LogP contribution in [0.3, 0.4) is 0 Å². The highest BCUT2D eigenvalue weighted by molar-refractivity contribution is 9.10. The number of nitrogens with one attached hydrogen (secondary N) is 1. The number of esters is 1. The van der Waals surface area contributed by atoms with Crippen LogP contribution in [-0.4, -0.2) is 24.2 Å². The zero-order valence-electron chi connectivity index (χ0n) is 18.3. The molecular formula is C27H21BrN2O4. The fourth-order valence-electron chi connectivity index (χ4n) is 3.17. The monoisotopic (exact) mass is 516 g/mol. The van der Waals surface area contributed by atoms with E-state index in [-0.39, 0.29) is 5.91 Å². The second kappa shape index (κ2) is 10.8. The van der Waals surface area contributed by atoms with Gasteiger partial charge in [-0.25, -0.2) is 10.2 Å². The van der Waals surface area contributed by atoms with Gasteiger partial charge in [-0.05, 0) is 87.7 Å². The second-order valence-corrected chi connectivity index (χ2v) is 8.30. The quantitative estimate of drug-likeness (QED) is 0.147. The Hall–Kier alpha value is -3.97. The van der Waals surface area contributed by atoms with Crippen molar-refractivity contribution in [2.45, 2.75) is 13.0 Å². The maximum atomic E-state index is 12.3. The van der Waals surface area contributed by atoms with Crippen LogP contribution in [0.2, 0.25) is 0 Å². The molecule has 0 aromatic heterocycles. The van der Waals surface area contributed by atoms with Gasteiger partial charge in [-0.2, -0.15) is 5.10 Å². The standard InChI is InChI=1S/C27H21BrN2O4/c1-18(33-23-15-12-20-6-2-3-7-21(20)16-23)26(31)30-29-17-19-10-13-22(14-11-19)34-27(32)24-8-4-5-9-25(24)28/h2-18H,1H3,(H,30,31)/b29-17-/t18-/m0/s1. The Labute approximate surface area is 205 Å². The zero-order valence-corrected chi connectivity index (χ0v) is 19.9. The molecule has 0 spiro atoms. The van der Waals surface area contributed by atoms with E-state index in [1.54, 1.807) is 49.4 Å². The van der Waals surface area contributed by atoms with Crippen molar-refractivity contribution in [2.75, 3.05) is 0 Å². The molecule has 7 heteroatoms. The summed E-state index contributed by atoms with van der Waals surface area (Å²) in [6.07, 6.45) is 0.775. The minimum Gasteiger partial charge on any atom is -0.481 e.